The van der Waals surface area contributed by atoms with Crippen LogP contribution in [0, 0.1) is 0 Å². The third-order valence-electron chi connectivity index (χ3n) is 5.48. The van der Waals surface area contributed by atoms with E-state index in [2.05, 4.69) is 20.5 Å². The van der Waals surface area contributed by atoms with Crippen LogP contribution in [0.5, 0.6) is 5.75 Å². The second-order valence-corrected chi connectivity index (χ2v) is 7.72. The summed E-state index contributed by atoms with van der Waals surface area (Å²) in [6.07, 6.45) is -4.52. The van der Waals surface area contributed by atoms with Crippen LogP contribution in [0.1, 0.15) is 18.4 Å². The summed E-state index contributed by atoms with van der Waals surface area (Å²) in [5.74, 6) is -0.498. The number of carbonyl (C=O) groups excluding carboxylic acids is 2. The van der Waals surface area contributed by atoms with Crippen LogP contribution in [0.4, 0.5) is 18.9 Å². The number of amides is 2. The van der Waals surface area contributed by atoms with Crippen molar-refractivity contribution in [1.82, 2.24) is 15.1 Å². The van der Waals surface area contributed by atoms with Crippen LogP contribution in [-0.2, 0) is 22.3 Å². The van der Waals surface area contributed by atoms with E-state index in [9.17, 15) is 22.8 Å². The lowest BCUT2D eigenvalue weighted by molar-refractivity contribution is -0.137. The summed E-state index contributed by atoms with van der Waals surface area (Å²) in [5, 5.41) is 12.8. The molecule has 2 amide bonds. The number of ether oxygens (including phenoxy) is 1. The van der Waals surface area contributed by atoms with Crippen LogP contribution in [0.2, 0.25) is 0 Å². The molecule has 35 heavy (non-hydrogen) atoms. The number of carbonyl (C=O) groups is 2. The number of anilines is 1. The molecule has 1 aromatic heterocycles. The molecule has 0 aliphatic carbocycles. The van der Waals surface area contributed by atoms with E-state index in [1.807, 2.05) is 6.92 Å². The lowest BCUT2D eigenvalue weighted by atomic mass is 10.1. The topological polar surface area (TPSA) is 113 Å². The minimum Gasteiger partial charge on any atom is -0.494 e. The first kappa shape index (κ1) is 22.5. The first-order chi connectivity index (χ1) is 16.8. The predicted molar refractivity (Wildman–Crippen MR) is 113 cm³/mol. The van der Waals surface area contributed by atoms with Gasteiger partial charge in [0.05, 0.1) is 17.9 Å². The van der Waals surface area contributed by atoms with E-state index in [0.717, 1.165) is 17.0 Å². The van der Waals surface area contributed by atoms with Crippen LogP contribution in [0.3, 0.4) is 0 Å². The van der Waals surface area contributed by atoms with Crippen molar-refractivity contribution < 1.29 is 32.0 Å². The summed E-state index contributed by atoms with van der Waals surface area (Å²) < 4.78 is 49.5. The van der Waals surface area contributed by atoms with E-state index >= 15 is 0 Å². The zero-order chi connectivity index (χ0) is 24.7. The van der Waals surface area contributed by atoms with Crippen molar-refractivity contribution in [3.63, 3.8) is 0 Å². The molecule has 180 valence electrons. The molecule has 3 heterocycles. The maximum absolute atomic E-state index is 13.1. The summed E-state index contributed by atoms with van der Waals surface area (Å²) in [6.45, 7) is 2.16. The van der Waals surface area contributed by atoms with Crippen molar-refractivity contribution in [1.29, 1.82) is 0 Å². The molecule has 0 spiro atoms. The molecule has 2 atom stereocenters. The minimum atomic E-state index is -4.52. The van der Waals surface area contributed by atoms with E-state index in [4.69, 9.17) is 9.26 Å². The molecule has 2 aliphatic rings. The van der Waals surface area contributed by atoms with Gasteiger partial charge in [0.2, 0.25) is 11.7 Å². The maximum atomic E-state index is 13.1. The number of halogens is 3. The fourth-order valence-electron chi connectivity index (χ4n) is 3.88. The highest BCUT2D eigenvalue weighted by atomic mass is 19.4. The number of imide groups is 1. The van der Waals surface area contributed by atoms with Crippen LogP contribution in [0.15, 0.2) is 63.4 Å². The van der Waals surface area contributed by atoms with Crippen molar-refractivity contribution in [3.05, 3.63) is 60.0 Å². The van der Waals surface area contributed by atoms with Gasteiger partial charge in [0, 0.05) is 5.56 Å². The molecular weight excluding hydrogens is 469 g/mol. The van der Waals surface area contributed by atoms with Gasteiger partial charge >= 0.3 is 6.18 Å². The monoisotopic (exact) mass is 486 g/mol. The summed E-state index contributed by atoms with van der Waals surface area (Å²) in [7, 11) is 0. The van der Waals surface area contributed by atoms with Crippen LogP contribution in [0.25, 0.3) is 11.4 Å². The first-order valence-electron chi connectivity index (χ1n) is 10.5. The van der Waals surface area contributed by atoms with Crippen molar-refractivity contribution in [2.75, 3.05) is 11.5 Å². The van der Waals surface area contributed by atoms with Gasteiger partial charge in [-0.05, 0) is 43.3 Å². The number of fused-ring (bicyclic) bond motifs is 1. The van der Waals surface area contributed by atoms with Gasteiger partial charge in [0.25, 0.3) is 11.8 Å². The first-order valence-corrected chi connectivity index (χ1v) is 10.5. The summed E-state index contributed by atoms with van der Waals surface area (Å²) in [4.78, 5) is 31.1. The van der Waals surface area contributed by atoms with Crippen LogP contribution >= 0.6 is 0 Å². The molecule has 0 N–H and O–H groups in total. The fraction of sp³-hybridized carbons (Fsp3) is 0.273. The Morgan fingerprint density at radius 2 is 1.86 bits per heavy atom. The zero-order valence-corrected chi connectivity index (χ0v) is 18.1. The van der Waals surface area contributed by atoms with E-state index in [1.54, 1.807) is 24.3 Å². The largest absolute Gasteiger partial charge is 0.494 e. The highest BCUT2D eigenvalue weighted by Gasteiger charge is 2.55. The Balaban J connectivity index is 1.33. The van der Waals surface area contributed by atoms with E-state index in [-0.39, 0.29) is 23.8 Å². The highest BCUT2D eigenvalue weighted by molar-refractivity contribution is 6.25. The van der Waals surface area contributed by atoms with Gasteiger partial charge in [-0.25, -0.2) is 4.90 Å². The lowest BCUT2D eigenvalue weighted by Gasteiger charge is -2.19. The molecule has 5 rings (SSSR count). The third-order valence-corrected chi connectivity index (χ3v) is 5.48. The number of nitrogens with zero attached hydrogens (tertiary/aromatic N) is 6. The normalized spacial score (nSPS) is 19.5. The third kappa shape index (κ3) is 4.09. The second-order valence-electron chi connectivity index (χ2n) is 7.72. The number of hydrogen-bond acceptors (Lipinski definition) is 9. The quantitative estimate of drug-likeness (QED) is 0.489. The molecule has 3 aromatic rings. The van der Waals surface area contributed by atoms with Gasteiger partial charge in [0.15, 0.2) is 12.1 Å². The van der Waals surface area contributed by atoms with Gasteiger partial charge in [-0.1, -0.05) is 22.5 Å². The molecule has 0 bridgehead atoms. The Hall–Kier alpha value is -4.29. The van der Waals surface area contributed by atoms with E-state index in [1.165, 1.54) is 17.1 Å². The van der Waals surface area contributed by atoms with Gasteiger partial charge in [0.1, 0.15) is 12.3 Å². The Labute approximate surface area is 196 Å². The van der Waals surface area contributed by atoms with Gasteiger partial charge < -0.3 is 9.26 Å². The van der Waals surface area contributed by atoms with Crippen molar-refractivity contribution >= 4 is 17.5 Å². The molecular formula is C22H17F3N6O4. The maximum Gasteiger partial charge on any atom is 0.416 e. The number of aromatic nitrogens is 2. The molecule has 2 aromatic carbocycles. The average Bonchev–Trinajstić information content (AvgIpc) is 3.53. The SMILES string of the molecule is CCOc1ccc(N2C(=O)[C@H]3N=NN(Cc4nc(-c5cccc(C(F)(F)F)c5)no4)[C@@H]3C2=O)cc1. The fourth-order valence-corrected chi connectivity index (χ4v) is 3.88. The Bertz CT molecular complexity index is 1310. The van der Waals surface area contributed by atoms with Gasteiger partial charge in [-0.2, -0.15) is 23.3 Å². The number of rotatable bonds is 6. The second kappa shape index (κ2) is 8.49. The average molecular weight is 486 g/mol. The smallest absolute Gasteiger partial charge is 0.416 e. The van der Waals surface area contributed by atoms with Crippen LogP contribution in [-0.4, -0.2) is 45.7 Å². The molecule has 10 nitrogen and oxygen atoms in total. The Kier molecular flexibility index (Phi) is 5.46. The molecule has 0 unspecified atom stereocenters. The van der Waals surface area contributed by atoms with Gasteiger partial charge in [-0.3, -0.25) is 14.6 Å². The summed E-state index contributed by atoms with van der Waals surface area (Å²) in [6, 6.07) is 8.99. The molecule has 0 radical (unpaired) electrons. The standard InChI is InChI=1S/C22H17F3N6O4/c1-2-34-15-8-6-14(7-9-15)31-20(32)17-18(21(31)33)30(29-27-17)11-16-26-19(28-35-16)12-4-3-5-13(10-12)22(23,24)25/h3-10,17-18H,2,11H2,1H3/t17-,18-/m0/s1. The van der Waals surface area contributed by atoms with Crippen molar-refractivity contribution in [2.24, 2.45) is 10.3 Å². The lowest BCUT2D eigenvalue weighted by Crippen LogP contribution is -2.39. The summed E-state index contributed by atoms with van der Waals surface area (Å²) >= 11 is 0. The van der Waals surface area contributed by atoms with Crippen molar-refractivity contribution in [2.45, 2.75) is 31.7 Å². The zero-order valence-electron chi connectivity index (χ0n) is 18.1. The minimum absolute atomic E-state index is 0.00298. The Morgan fingerprint density at radius 1 is 1.09 bits per heavy atom. The van der Waals surface area contributed by atoms with Crippen LogP contribution < -0.4 is 9.64 Å². The molecule has 1 saturated heterocycles. The molecule has 2 aliphatic heterocycles. The Morgan fingerprint density at radius 3 is 2.57 bits per heavy atom. The van der Waals surface area contributed by atoms with Gasteiger partial charge in [-0.15, -0.1) is 0 Å². The molecule has 0 saturated carbocycles. The van der Waals surface area contributed by atoms with Crippen molar-refractivity contribution in [3.8, 4) is 17.1 Å². The van der Waals surface area contributed by atoms with E-state index in [0.29, 0.717) is 18.0 Å². The highest BCUT2D eigenvalue weighted by Crippen LogP contribution is 2.34. The number of hydrogen-bond donors (Lipinski definition) is 0. The number of benzene rings is 2. The molecule has 13 heteroatoms. The van der Waals surface area contributed by atoms with E-state index < -0.39 is 35.6 Å². The number of alkyl halides is 3. The molecule has 1 fully saturated rings. The predicted octanol–water partition coefficient (Wildman–Crippen LogP) is 3.65. The summed E-state index contributed by atoms with van der Waals surface area (Å²) in [5.41, 5.74) is -0.357.